The lowest BCUT2D eigenvalue weighted by atomic mass is 10.1. The third-order valence-electron chi connectivity index (χ3n) is 2.75. The van der Waals surface area contributed by atoms with Crippen molar-refractivity contribution < 1.29 is 18.4 Å². The monoisotopic (exact) mass is 272 g/mol. The van der Waals surface area contributed by atoms with Crippen molar-refractivity contribution in [3.63, 3.8) is 0 Å². The molecule has 19 heavy (non-hydrogen) atoms. The second kappa shape index (κ2) is 6.86. The molecule has 0 amide bonds. The molecule has 1 rings (SSSR count). The van der Waals surface area contributed by atoms with Crippen LogP contribution in [-0.4, -0.2) is 22.8 Å². The van der Waals surface area contributed by atoms with E-state index >= 15 is 0 Å². The maximum atomic E-state index is 13.6. The Morgan fingerprint density at radius 2 is 2.32 bits per heavy atom. The average Bonchev–Trinajstić information content (AvgIpc) is 2.69. The van der Waals surface area contributed by atoms with Crippen LogP contribution in [0.25, 0.3) is 0 Å². The van der Waals surface area contributed by atoms with Gasteiger partial charge in [0.15, 0.2) is 5.82 Å². The maximum Gasteiger partial charge on any atom is 0.441 e. The molecule has 0 aliphatic carbocycles. The quantitative estimate of drug-likeness (QED) is 0.735. The van der Waals surface area contributed by atoms with Crippen LogP contribution in [0.1, 0.15) is 25.6 Å². The highest BCUT2D eigenvalue weighted by molar-refractivity contribution is 5.71. The van der Waals surface area contributed by atoms with E-state index in [1.165, 1.54) is 13.2 Å². The largest absolute Gasteiger partial charge is 0.469 e. The first-order valence-corrected chi connectivity index (χ1v) is 5.91. The number of carbonyl (C=O) groups excluding carboxylic acids is 1. The van der Waals surface area contributed by atoms with Crippen LogP contribution in [0.4, 0.5) is 4.39 Å². The maximum absolute atomic E-state index is 13.6. The molecule has 6 nitrogen and oxygen atoms in total. The van der Waals surface area contributed by atoms with Crippen LogP contribution < -0.4 is 5.76 Å². The van der Waals surface area contributed by atoms with Crippen LogP contribution >= 0.6 is 0 Å². The Balaban J connectivity index is 2.50. The lowest BCUT2D eigenvalue weighted by molar-refractivity contribution is -0.145. The summed E-state index contributed by atoms with van der Waals surface area (Å²) < 4.78 is 23.6. The van der Waals surface area contributed by atoms with E-state index < -0.39 is 11.6 Å². The molecule has 0 N–H and O–H groups in total. The molecule has 0 fully saturated rings. The fourth-order valence-electron chi connectivity index (χ4n) is 1.54. The van der Waals surface area contributed by atoms with E-state index in [0.717, 1.165) is 4.57 Å². The SMILES string of the molecule is COC(=O)[C@@H](C)CC/C=C(\F)Cn1c(C)noc1=O. The van der Waals surface area contributed by atoms with Crippen molar-refractivity contribution in [2.75, 3.05) is 7.11 Å². The molecular weight excluding hydrogens is 255 g/mol. The first-order chi connectivity index (χ1) is 8.95. The minimum atomic E-state index is -0.691. The van der Waals surface area contributed by atoms with E-state index in [2.05, 4.69) is 14.4 Å². The Kier molecular flexibility index (Phi) is 5.47. The lowest BCUT2D eigenvalue weighted by Gasteiger charge is -2.06. The van der Waals surface area contributed by atoms with Gasteiger partial charge in [-0.05, 0) is 19.8 Å². The van der Waals surface area contributed by atoms with Crippen LogP contribution in [0.3, 0.4) is 0 Å². The number of ether oxygens (including phenoxy) is 1. The summed E-state index contributed by atoms with van der Waals surface area (Å²) in [7, 11) is 1.32. The van der Waals surface area contributed by atoms with Crippen molar-refractivity contribution in [3.8, 4) is 0 Å². The molecule has 1 aromatic rings. The topological polar surface area (TPSA) is 74.3 Å². The number of carbonyl (C=O) groups is 1. The Morgan fingerprint density at radius 1 is 1.63 bits per heavy atom. The minimum absolute atomic E-state index is 0.208. The number of hydrogen-bond donors (Lipinski definition) is 0. The molecule has 1 atom stereocenters. The summed E-state index contributed by atoms with van der Waals surface area (Å²) >= 11 is 0. The van der Waals surface area contributed by atoms with E-state index in [-0.39, 0.29) is 18.4 Å². The lowest BCUT2D eigenvalue weighted by Crippen LogP contribution is -2.16. The Morgan fingerprint density at radius 3 is 2.84 bits per heavy atom. The number of allylic oxidation sites excluding steroid dienone is 2. The number of nitrogens with zero attached hydrogens (tertiary/aromatic N) is 2. The van der Waals surface area contributed by atoms with Crippen molar-refractivity contribution in [1.82, 2.24) is 9.72 Å². The molecule has 0 saturated carbocycles. The summed E-state index contributed by atoms with van der Waals surface area (Å²) in [6.07, 6.45) is 2.22. The van der Waals surface area contributed by atoms with Gasteiger partial charge in [0, 0.05) is 0 Å². The van der Waals surface area contributed by atoms with Crippen LogP contribution in [0, 0.1) is 12.8 Å². The molecule has 0 aromatic carbocycles. The highest BCUT2D eigenvalue weighted by Gasteiger charge is 2.12. The van der Waals surface area contributed by atoms with Gasteiger partial charge in [-0.15, -0.1) is 0 Å². The van der Waals surface area contributed by atoms with Gasteiger partial charge in [-0.25, -0.2) is 9.18 Å². The highest BCUT2D eigenvalue weighted by Crippen LogP contribution is 2.11. The second-order valence-corrected chi connectivity index (χ2v) is 4.23. The third kappa shape index (κ3) is 4.35. The summed E-state index contributed by atoms with van der Waals surface area (Å²) in [5, 5.41) is 3.43. The molecule has 1 aromatic heterocycles. The fourth-order valence-corrected chi connectivity index (χ4v) is 1.54. The Hall–Kier alpha value is -1.92. The number of aryl methyl sites for hydroxylation is 1. The first kappa shape index (κ1) is 15.1. The van der Waals surface area contributed by atoms with Gasteiger partial charge in [0.2, 0.25) is 0 Å². The van der Waals surface area contributed by atoms with Gasteiger partial charge >= 0.3 is 11.7 Å². The predicted molar refractivity (Wildman–Crippen MR) is 65.1 cm³/mol. The van der Waals surface area contributed by atoms with Crippen molar-refractivity contribution in [2.45, 2.75) is 33.2 Å². The number of rotatable bonds is 6. The standard InChI is InChI=1S/C12H17FN2O4/c1-8(11(16)18-3)5-4-6-10(13)7-15-9(2)14-19-12(15)17/h6,8H,4-5,7H2,1-3H3/b10-6-/t8-/m0/s1. The zero-order valence-corrected chi connectivity index (χ0v) is 11.2. The van der Waals surface area contributed by atoms with Crippen molar-refractivity contribution in [3.05, 3.63) is 28.3 Å². The van der Waals surface area contributed by atoms with Crippen molar-refractivity contribution in [2.24, 2.45) is 5.92 Å². The van der Waals surface area contributed by atoms with E-state index in [4.69, 9.17) is 0 Å². The van der Waals surface area contributed by atoms with Gasteiger partial charge in [-0.1, -0.05) is 18.2 Å². The number of hydrogen-bond acceptors (Lipinski definition) is 5. The predicted octanol–water partition coefficient (Wildman–Crippen LogP) is 1.59. The van der Waals surface area contributed by atoms with Crippen LogP contribution in [0.15, 0.2) is 21.2 Å². The number of aromatic nitrogens is 2. The average molecular weight is 272 g/mol. The molecular formula is C12H17FN2O4. The second-order valence-electron chi connectivity index (χ2n) is 4.23. The van der Waals surface area contributed by atoms with E-state index in [1.54, 1.807) is 13.8 Å². The summed E-state index contributed by atoms with van der Waals surface area (Å²) in [5.41, 5.74) is 0. The van der Waals surface area contributed by atoms with Crippen LogP contribution in [0.5, 0.6) is 0 Å². The van der Waals surface area contributed by atoms with Gasteiger partial charge in [0.25, 0.3) is 0 Å². The van der Waals surface area contributed by atoms with Crippen molar-refractivity contribution >= 4 is 5.97 Å². The summed E-state index contributed by atoms with van der Waals surface area (Å²) in [5.74, 6) is -1.44. The fraction of sp³-hybridized carbons (Fsp3) is 0.583. The Bertz CT molecular complexity index is 518. The van der Waals surface area contributed by atoms with Gasteiger partial charge < -0.3 is 4.74 Å². The summed E-state index contributed by atoms with van der Waals surface area (Å²) in [6.45, 7) is 3.06. The van der Waals surface area contributed by atoms with Gasteiger partial charge in [0.05, 0.1) is 19.6 Å². The van der Waals surface area contributed by atoms with E-state index in [9.17, 15) is 14.0 Å². The molecule has 106 valence electrons. The number of halogens is 1. The van der Waals surface area contributed by atoms with Crippen LogP contribution in [-0.2, 0) is 16.1 Å². The van der Waals surface area contributed by atoms with Gasteiger partial charge in [-0.2, -0.15) is 0 Å². The van der Waals surface area contributed by atoms with Gasteiger partial charge in [-0.3, -0.25) is 13.9 Å². The van der Waals surface area contributed by atoms with Crippen LogP contribution in [0.2, 0.25) is 0 Å². The molecule has 0 aliphatic heterocycles. The molecule has 1 heterocycles. The highest BCUT2D eigenvalue weighted by atomic mass is 19.1. The smallest absolute Gasteiger partial charge is 0.441 e. The molecule has 0 bridgehead atoms. The molecule has 0 saturated heterocycles. The Labute approximate surface area is 109 Å². The summed E-state index contributed by atoms with van der Waals surface area (Å²) in [4.78, 5) is 22.3. The zero-order chi connectivity index (χ0) is 14.4. The third-order valence-corrected chi connectivity index (χ3v) is 2.75. The minimum Gasteiger partial charge on any atom is -0.469 e. The first-order valence-electron chi connectivity index (χ1n) is 5.91. The van der Waals surface area contributed by atoms with E-state index in [0.29, 0.717) is 18.7 Å². The molecule has 0 radical (unpaired) electrons. The molecule has 7 heteroatoms. The molecule has 0 spiro atoms. The van der Waals surface area contributed by atoms with Gasteiger partial charge in [0.1, 0.15) is 5.83 Å². The summed E-state index contributed by atoms with van der Waals surface area (Å²) in [6, 6.07) is 0. The van der Waals surface area contributed by atoms with E-state index in [1.807, 2.05) is 0 Å². The normalized spacial score (nSPS) is 13.4. The zero-order valence-electron chi connectivity index (χ0n) is 11.2. The number of methoxy groups -OCH3 is 1. The molecule has 0 unspecified atom stereocenters. The number of esters is 1. The van der Waals surface area contributed by atoms with Crippen molar-refractivity contribution in [1.29, 1.82) is 0 Å². The molecule has 0 aliphatic rings.